The molecule has 0 spiro atoms. The molecule has 1 N–H and O–H groups in total. The first kappa shape index (κ1) is 20.5. The van der Waals surface area contributed by atoms with E-state index in [1.54, 1.807) is 6.92 Å². The minimum atomic E-state index is -0.833. The predicted molar refractivity (Wildman–Crippen MR) is 105 cm³/mol. The minimum absolute atomic E-state index is 0.119. The number of hydrogen-bond acceptors (Lipinski definition) is 5. The van der Waals surface area contributed by atoms with Crippen molar-refractivity contribution in [3.63, 3.8) is 0 Å². The second-order valence-electron chi connectivity index (χ2n) is 7.78. The third-order valence-electron chi connectivity index (χ3n) is 5.28. The summed E-state index contributed by atoms with van der Waals surface area (Å²) in [6, 6.07) is 9.53. The Morgan fingerprint density at radius 3 is 2.50 bits per heavy atom. The number of aromatic nitrogens is 2. The van der Waals surface area contributed by atoms with Crippen molar-refractivity contribution in [2.24, 2.45) is 11.8 Å². The van der Waals surface area contributed by atoms with E-state index in [1.165, 1.54) is 10.8 Å². The van der Waals surface area contributed by atoms with Crippen LogP contribution < -0.4 is 11.2 Å². The second kappa shape index (κ2) is 8.43. The van der Waals surface area contributed by atoms with Gasteiger partial charge < -0.3 is 14.6 Å². The molecule has 1 aromatic heterocycles. The molecule has 1 aliphatic rings. The fourth-order valence-electron chi connectivity index (χ4n) is 3.70. The number of aliphatic hydroxyl groups excluding tert-OH is 1. The molecule has 0 unspecified atom stereocenters. The summed E-state index contributed by atoms with van der Waals surface area (Å²) in [6.45, 7) is 7.70. The Labute approximate surface area is 164 Å². The summed E-state index contributed by atoms with van der Waals surface area (Å²) in [7, 11) is 0. The molecule has 1 saturated heterocycles. The van der Waals surface area contributed by atoms with Crippen LogP contribution in [-0.4, -0.2) is 26.4 Å². The minimum Gasteiger partial charge on any atom is -0.388 e. The van der Waals surface area contributed by atoms with Crippen molar-refractivity contribution in [3.8, 4) is 0 Å². The molecular weight excluding hydrogens is 360 g/mol. The molecule has 3 rings (SSSR count). The Balaban J connectivity index is 1.86. The lowest BCUT2D eigenvalue weighted by atomic mass is 9.93. The Morgan fingerprint density at radius 1 is 1.21 bits per heavy atom. The Morgan fingerprint density at radius 2 is 1.89 bits per heavy atom. The molecule has 7 nitrogen and oxygen atoms in total. The molecule has 4 atom stereocenters. The van der Waals surface area contributed by atoms with Crippen molar-refractivity contribution in [1.82, 2.24) is 9.13 Å². The van der Waals surface area contributed by atoms with Gasteiger partial charge in [0.25, 0.3) is 5.56 Å². The van der Waals surface area contributed by atoms with Crippen molar-refractivity contribution in [2.45, 2.75) is 59.5 Å². The van der Waals surface area contributed by atoms with E-state index < -0.39 is 23.6 Å². The van der Waals surface area contributed by atoms with Crippen molar-refractivity contribution in [1.29, 1.82) is 0 Å². The highest BCUT2D eigenvalue weighted by molar-refractivity contribution is 5.13. The van der Waals surface area contributed by atoms with Crippen LogP contribution in [0.4, 0.5) is 0 Å². The molecule has 2 aromatic rings. The molecule has 1 aliphatic heterocycles. The monoisotopic (exact) mass is 388 g/mol. The quantitative estimate of drug-likeness (QED) is 0.819. The summed E-state index contributed by atoms with van der Waals surface area (Å²) in [5, 5.41) is 10.6. The Kier molecular flexibility index (Phi) is 6.17. The smallest absolute Gasteiger partial charge is 0.335 e. The molecule has 2 heterocycles. The zero-order valence-corrected chi connectivity index (χ0v) is 16.7. The van der Waals surface area contributed by atoms with Crippen molar-refractivity contribution in [2.75, 3.05) is 0 Å². The lowest BCUT2D eigenvalue weighted by Gasteiger charge is -2.20. The maximum atomic E-state index is 13.0. The van der Waals surface area contributed by atoms with Crippen LogP contribution in [0.25, 0.3) is 0 Å². The molecule has 0 aliphatic carbocycles. The SMILES string of the molecule is Cc1cn([C@@H]2O[C@H](C(C)C)[C@@H](C)[C@H]2O)c(=O)n(COCc2ccccc2)c1=O. The van der Waals surface area contributed by atoms with Gasteiger partial charge in [-0.3, -0.25) is 9.36 Å². The van der Waals surface area contributed by atoms with Gasteiger partial charge in [-0.05, 0) is 18.4 Å². The summed E-state index contributed by atoms with van der Waals surface area (Å²) in [4.78, 5) is 25.4. The number of rotatable bonds is 6. The number of aliphatic hydroxyl groups is 1. The number of ether oxygens (including phenoxy) is 2. The summed E-state index contributed by atoms with van der Waals surface area (Å²) in [5.74, 6) is 0.0819. The van der Waals surface area contributed by atoms with E-state index in [2.05, 4.69) is 0 Å². The predicted octanol–water partition coefficient (Wildman–Crippen LogP) is 2.04. The molecule has 1 aromatic carbocycles. The van der Waals surface area contributed by atoms with Crippen LogP contribution in [-0.2, 0) is 22.8 Å². The molecule has 28 heavy (non-hydrogen) atoms. The van der Waals surface area contributed by atoms with Gasteiger partial charge in [0.05, 0.1) is 12.7 Å². The highest BCUT2D eigenvalue weighted by atomic mass is 16.5. The highest BCUT2D eigenvalue weighted by Gasteiger charge is 2.43. The molecular formula is C21H28N2O5. The molecule has 1 fully saturated rings. The Hall–Kier alpha value is -2.22. The van der Waals surface area contributed by atoms with Gasteiger partial charge in [-0.2, -0.15) is 0 Å². The van der Waals surface area contributed by atoms with Crippen LogP contribution in [0.2, 0.25) is 0 Å². The van der Waals surface area contributed by atoms with Crippen LogP contribution in [0.1, 0.15) is 38.1 Å². The standard InChI is InChI=1S/C21H28N2O5/c1-13(2)18-15(4)17(24)20(28-18)22-10-14(3)19(25)23(21(22)26)12-27-11-16-8-6-5-7-9-16/h5-10,13,15,17-18,20,24H,11-12H2,1-4H3/t15-,17+,18+,20+/m0/s1. The van der Waals surface area contributed by atoms with Crippen LogP contribution in [0.5, 0.6) is 0 Å². The van der Waals surface area contributed by atoms with Gasteiger partial charge >= 0.3 is 5.69 Å². The lowest BCUT2D eigenvalue weighted by molar-refractivity contribution is -0.0541. The number of nitrogens with zero attached hydrogens (tertiary/aromatic N) is 2. The van der Waals surface area contributed by atoms with Crippen molar-refractivity contribution < 1.29 is 14.6 Å². The van der Waals surface area contributed by atoms with E-state index in [1.807, 2.05) is 51.1 Å². The summed E-state index contributed by atoms with van der Waals surface area (Å²) in [5.41, 5.74) is 0.380. The van der Waals surface area contributed by atoms with Gasteiger partial charge in [0.2, 0.25) is 0 Å². The van der Waals surface area contributed by atoms with Crippen molar-refractivity contribution in [3.05, 3.63) is 68.5 Å². The summed E-state index contributed by atoms with van der Waals surface area (Å²) in [6.07, 6.45) is -0.362. The normalized spacial score (nSPS) is 24.8. The first-order chi connectivity index (χ1) is 13.3. The lowest BCUT2D eigenvalue weighted by Crippen LogP contribution is -2.44. The number of hydrogen-bond donors (Lipinski definition) is 1. The first-order valence-corrected chi connectivity index (χ1v) is 9.59. The van der Waals surface area contributed by atoms with E-state index in [0.717, 1.165) is 10.1 Å². The summed E-state index contributed by atoms with van der Waals surface area (Å²) >= 11 is 0. The first-order valence-electron chi connectivity index (χ1n) is 9.59. The fraction of sp³-hybridized carbons (Fsp3) is 0.524. The third-order valence-corrected chi connectivity index (χ3v) is 5.28. The fourth-order valence-corrected chi connectivity index (χ4v) is 3.70. The average molecular weight is 388 g/mol. The largest absolute Gasteiger partial charge is 0.388 e. The average Bonchev–Trinajstić information content (AvgIpc) is 2.97. The van der Waals surface area contributed by atoms with Crippen LogP contribution in [0.3, 0.4) is 0 Å². The van der Waals surface area contributed by atoms with Gasteiger partial charge in [0, 0.05) is 17.7 Å². The molecule has 7 heteroatoms. The Bertz CT molecular complexity index is 919. The molecule has 0 radical (unpaired) electrons. The summed E-state index contributed by atoms with van der Waals surface area (Å²) < 4.78 is 13.9. The topological polar surface area (TPSA) is 82.7 Å². The van der Waals surface area contributed by atoms with Crippen molar-refractivity contribution >= 4 is 0 Å². The van der Waals surface area contributed by atoms with Gasteiger partial charge in [0.1, 0.15) is 12.8 Å². The molecule has 0 saturated carbocycles. The zero-order valence-electron chi connectivity index (χ0n) is 16.7. The highest BCUT2D eigenvalue weighted by Crippen LogP contribution is 2.36. The number of aryl methyl sites for hydroxylation is 1. The van der Waals surface area contributed by atoms with Gasteiger partial charge in [-0.1, -0.05) is 51.1 Å². The molecule has 152 valence electrons. The second-order valence-corrected chi connectivity index (χ2v) is 7.78. The zero-order chi connectivity index (χ0) is 20.4. The third kappa shape index (κ3) is 3.97. The van der Waals surface area contributed by atoms with E-state index in [4.69, 9.17) is 9.47 Å². The number of benzene rings is 1. The molecule has 0 amide bonds. The van der Waals surface area contributed by atoms with E-state index in [9.17, 15) is 14.7 Å². The van der Waals surface area contributed by atoms with Crippen LogP contribution >= 0.6 is 0 Å². The maximum absolute atomic E-state index is 13.0. The van der Waals surface area contributed by atoms with Gasteiger partial charge in [-0.25, -0.2) is 9.36 Å². The van der Waals surface area contributed by atoms with E-state index in [0.29, 0.717) is 5.56 Å². The van der Waals surface area contributed by atoms with Gasteiger partial charge in [0.15, 0.2) is 6.23 Å². The van der Waals surface area contributed by atoms with E-state index in [-0.39, 0.29) is 31.3 Å². The molecule has 0 bridgehead atoms. The van der Waals surface area contributed by atoms with E-state index >= 15 is 0 Å². The maximum Gasteiger partial charge on any atom is 0.335 e. The van der Waals surface area contributed by atoms with Crippen LogP contribution in [0.15, 0.2) is 46.1 Å². The van der Waals surface area contributed by atoms with Crippen LogP contribution in [0, 0.1) is 18.8 Å². The van der Waals surface area contributed by atoms with Gasteiger partial charge in [-0.15, -0.1) is 0 Å².